The molecule has 16 heavy (non-hydrogen) atoms. The van der Waals surface area contributed by atoms with E-state index in [2.05, 4.69) is 54.5 Å². The van der Waals surface area contributed by atoms with Gasteiger partial charge >= 0.3 is 0 Å². The highest BCUT2D eigenvalue weighted by atomic mass is 14.5. The lowest BCUT2D eigenvalue weighted by Gasteiger charge is -2.39. The Morgan fingerprint density at radius 3 is 1.94 bits per heavy atom. The van der Waals surface area contributed by atoms with Crippen LogP contribution in [0.25, 0.3) is 0 Å². The minimum atomic E-state index is 0.410. The monoisotopic (exact) mass is 222 g/mol. The first-order valence-corrected chi connectivity index (χ1v) is 6.86. The molecule has 0 nitrogen and oxygen atoms in total. The van der Waals surface area contributed by atoms with Crippen LogP contribution in [0.1, 0.15) is 67.7 Å². The van der Waals surface area contributed by atoms with E-state index in [9.17, 15) is 0 Å². The fourth-order valence-electron chi connectivity index (χ4n) is 3.05. The fraction of sp³-hybridized carbons (Fsp3) is 0.875. The van der Waals surface area contributed by atoms with Gasteiger partial charge in [0.2, 0.25) is 0 Å². The summed E-state index contributed by atoms with van der Waals surface area (Å²) >= 11 is 0. The largest absolute Gasteiger partial charge is 0.0814 e. The Balaban J connectivity index is 2.90. The predicted octanol–water partition coefficient (Wildman–Crippen LogP) is 5.44. The second kappa shape index (κ2) is 4.55. The van der Waals surface area contributed by atoms with Crippen molar-refractivity contribution >= 4 is 0 Å². The van der Waals surface area contributed by atoms with Gasteiger partial charge in [0.1, 0.15) is 0 Å². The van der Waals surface area contributed by atoms with E-state index in [-0.39, 0.29) is 0 Å². The van der Waals surface area contributed by atoms with Gasteiger partial charge in [-0.25, -0.2) is 0 Å². The van der Waals surface area contributed by atoms with Crippen LogP contribution in [0.3, 0.4) is 0 Å². The van der Waals surface area contributed by atoms with Crippen molar-refractivity contribution in [1.82, 2.24) is 0 Å². The lowest BCUT2D eigenvalue weighted by atomic mass is 9.66. The second-order valence-electron chi connectivity index (χ2n) is 7.64. The van der Waals surface area contributed by atoms with E-state index in [1.54, 1.807) is 5.57 Å². The second-order valence-corrected chi connectivity index (χ2v) is 7.64. The molecule has 0 N–H and O–H groups in total. The summed E-state index contributed by atoms with van der Waals surface area (Å²) < 4.78 is 0. The molecular formula is C16H30. The maximum Gasteiger partial charge on any atom is -0.0146 e. The molecule has 0 spiro atoms. The van der Waals surface area contributed by atoms with Gasteiger partial charge in [0, 0.05) is 0 Å². The van der Waals surface area contributed by atoms with Crippen molar-refractivity contribution in [2.24, 2.45) is 22.7 Å². The third-order valence-corrected chi connectivity index (χ3v) is 4.01. The van der Waals surface area contributed by atoms with Crippen LogP contribution >= 0.6 is 0 Å². The van der Waals surface area contributed by atoms with Crippen molar-refractivity contribution in [1.29, 1.82) is 0 Å². The maximum atomic E-state index is 2.60. The van der Waals surface area contributed by atoms with E-state index in [0.717, 1.165) is 11.8 Å². The summed E-state index contributed by atoms with van der Waals surface area (Å²) in [7, 11) is 0. The van der Waals surface area contributed by atoms with Gasteiger partial charge in [-0.2, -0.15) is 0 Å². The molecule has 0 fully saturated rings. The van der Waals surface area contributed by atoms with E-state index >= 15 is 0 Å². The first kappa shape index (κ1) is 13.8. The molecule has 0 aromatic carbocycles. The maximum absolute atomic E-state index is 2.60. The molecule has 0 aromatic heterocycles. The Bertz CT molecular complexity index is 257. The molecule has 0 bridgehead atoms. The molecule has 0 heterocycles. The number of rotatable bonds is 2. The molecule has 1 aliphatic carbocycles. The van der Waals surface area contributed by atoms with Crippen LogP contribution in [0.4, 0.5) is 0 Å². The van der Waals surface area contributed by atoms with Crippen LogP contribution in [-0.2, 0) is 0 Å². The highest BCUT2D eigenvalue weighted by molar-refractivity contribution is 5.17. The van der Waals surface area contributed by atoms with Crippen LogP contribution in [0.5, 0.6) is 0 Å². The van der Waals surface area contributed by atoms with Crippen LogP contribution < -0.4 is 0 Å². The molecule has 0 aromatic rings. The average molecular weight is 222 g/mol. The van der Waals surface area contributed by atoms with Gasteiger partial charge in [-0.1, -0.05) is 66.5 Å². The van der Waals surface area contributed by atoms with E-state index in [1.165, 1.54) is 19.3 Å². The van der Waals surface area contributed by atoms with Crippen LogP contribution in [0, 0.1) is 22.7 Å². The summed E-state index contributed by atoms with van der Waals surface area (Å²) in [6.07, 6.45) is 6.53. The zero-order valence-electron chi connectivity index (χ0n) is 12.4. The van der Waals surface area contributed by atoms with Gasteiger partial charge in [-0.05, 0) is 35.5 Å². The third-order valence-electron chi connectivity index (χ3n) is 4.01. The molecule has 0 amide bonds. The highest BCUT2D eigenvalue weighted by Crippen LogP contribution is 2.50. The van der Waals surface area contributed by atoms with Crippen LogP contribution in [0.2, 0.25) is 0 Å². The standard InChI is InChI=1S/C16H30/c1-8-9-12-10-13(15(2,3)4)14(11-12)16(5,6)7/h10,13-14H,8-9,11H2,1-7H3. The molecule has 0 saturated heterocycles. The summed E-state index contributed by atoms with van der Waals surface area (Å²) in [6.45, 7) is 16.7. The Morgan fingerprint density at radius 1 is 1.06 bits per heavy atom. The molecule has 0 radical (unpaired) electrons. The van der Waals surface area contributed by atoms with Gasteiger partial charge in [-0.15, -0.1) is 0 Å². The van der Waals surface area contributed by atoms with Crippen molar-refractivity contribution < 1.29 is 0 Å². The number of hydrogen-bond donors (Lipinski definition) is 0. The lowest BCUT2D eigenvalue weighted by molar-refractivity contribution is 0.119. The summed E-state index contributed by atoms with van der Waals surface area (Å²) in [5.41, 5.74) is 2.56. The Hall–Kier alpha value is -0.260. The van der Waals surface area contributed by atoms with E-state index in [1.807, 2.05) is 0 Å². The highest BCUT2D eigenvalue weighted by Gasteiger charge is 2.41. The minimum absolute atomic E-state index is 0.410. The summed E-state index contributed by atoms with van der Waals surface area (Å²) in [6, 6.07) is 0. The first-order valence-electron chi connectivity index (χ1n) is 6.86. The van der Waals surface area contributed by atoms with Crippen molar-refractivity contribution in [3.05, 3.63) is 11.6 Å². The molecule has 1 aliphatic rings. The first-order chi connectivity index (χ1) is 7.16. The molecule has 0 heteroatoms. The minimum Gasteiger partial charge on any atom is -0.0814 e. The Kier molecular flexibility index (Phi) is 3.92. The van der Waals surface area contributed by atoms with Crippen molar-refractivity contribution in [2.45, 2.75) is 67.7 Å². The molecule has 2 unspecified atom stereocenters. The summed E-state index contributed by atoms with van der Waals surface area (Å²) in [5, 5.41) is 0. The lowest BCUT2D eigenvalue weighted by Crippen LogP contribution is -2.32. The van der Waals surface area contributed by atoms with E-state index in [0.29, 0.717) is 10.8 Å². The predicted molar refractivity (Wildman–Crippen MR) is 73.5 cm³/mol. The molecule has 2 atom stereocenters. The number of hydrogen-bond acceptors (Lipinski definition) is 0. The Labute approximate surface area is 103 Å². The smallest absolute Gasteiger partial charge is 0.0146 e. The van der Waals surface area contributed by atoms with Gasteiger partial charge in [0.25, 0.3) is 0 Å². The molecule has 0 saturated carbocycles. The quantitative estimate of drug-likeness (QED) is 0.546. The SMILES string of the molecule is CCCC1=CC(C(C)(C)C)C(C(C)(C)C)C1. The van der Waals surface area contributed by atoms with E-state index in [4.69, 9.17) is 0 Å². The summed E-state index contributed by atoms with van der Waals surface area (Å²) in [4.78, 5) is 0. The van der Waals surface area contributed by atoms with E-state index < -0.39 is 0 Å². The zero-order chi connectivity index (χ0) is 12.6. The van der Waals surface area contributed by atoms with Crippen molar-refractivity contribution in [2.75, 3.05) is 0 Å². The molecule has 1 rings (SSSR count). The van der Waals surface area contributed by atoms with Crippen LogP contribution in [-0.4, -0.2) is 0 Å². The van der Waals surface area contributed by atoms with Crippen molar-refractivity contribution in [3.8, 4) is 0 Å². The molecule has 94 valence electrons. The number of allylic oxidation sites excluding steroid dienone is 2. The summed E-state index contributed by atoms with van der Waals surface area (Å²) in [5.74, 6) is 1.59. The fourth-order valence-corrected chi connectivity index (χ4v) is 3.05. The molecule has 0 aliphatic heterocycles. The van der Waals surface area contributed by atoms with Gasteiger partial charge in [-0.3, -0.25) is 0 Å². The average Bonchev–Trinajstić information content (AvgIpc) is 2.47. The van der Waals surface area contributed by atoms with Gasteiger partial charge < -0.3 is 0 Å². The van der Waals surface area contributed by atoms with Crippen molar-refractivity contribution in [3.63, 3.8) is 0 Å². The van der Waals surface area contributed by atoms with Gasteiger partial charge in [0.05, 0.1) is 0 Å². The third kappa shape index (κ3) is 3.12. The Morgan fingerprint density at radius 2 is 1.62 bits per heavy atom. The van der Waals surface area contributed by atoms with Gasteiger partial charge in [0.15, 0.2) is 0 Å². The topological polar surface area (TPSA) is 0 Å². The van der Waals surface area contributed by atoms with Crippen LogP contribution in [0.15, 0.2) is 11.6 Å². The zero-order valence-corrected chi connectivity index (χ0v) is 12.4. The molecular weight excluding hydrogens is 192 g/mol. The normalized spacial score (nSPS) is 27.1.